The van der Waals surface area contributed by atoms with Crippen molar-refractivity contribution in [2.75, 3.05) is 0 Å². The maximum Gasteiger partial charge on any atom is 0.326 e. The van der Waals surface area contributed by atoms with E-state index in [1.807, 2.05) is 12.1 Å². The summed E-state index contributed by atoms with van der Waals surface area (Å²) in [5, 5.41) is 24.1. The molecule has 0 bridgehead atoms. The highest BCUT2D eigenvalue weighted by Gasteiger charge is 2.26. The third-order valence-electron chi connectivity index (χ3n) is 4.30. The van der Waals surface area contributed by atoms with Gasteiger partial charge in [-0.2, -0.15) is 0 Å². The van der Waals surface area contributed by atoms with E-state index in [-0.39, 0.29) is 17.6 Å². The number of aldehydes is 1. The minimum atomic E-state index is -0.541. The molecule has 1 fully saturated rings. The Morgan fingerprint density at radius 1 is 1.36 bits per heavy atom. The van der Waals surface area contributed by atoms with Crippen LogP contribution in [-0.2, 0) is 0 Å². The number of carbonyl (C=O) groups excluding carboxylic acids is 1. The lowest BCUT2D eigenvalue weighted by Gasteiger charge is -2.23. The van der Waals surface area contributed by atoms with Crippen molar-refractivity contribution in [2.45, 2.75) is 24.9 Å². The normalized spacial score (nSPS) is 19.4. The van der Waals surface area contributed by atoms with Gasteiger partial charge in [-0.3, -0.25) is 14.8 Å². The molecule has 0 saturated heterocycles. The smallest absolute Gasteiger partial charge is 0.326 e. The molecule has 0 amide bonds. The average molecular weight is 398 g/mol. The Hall–Kier alpha value is -3.40. The predicted molar refractivity (Wildman–Crippen MR) is 107 cm³/mol. The van der Waals surface area contributed by atoms with Crippen molar-refractivity contribution in [3.8, 4) is 5.88 Å². The van der Waals surface area contributed by atoms with E-state index in [0.29, 0.717) is 22.3 Å². The minimum Gasteiger partial charge on any atom is -0.493 e. The fraction of sp³-hybridized carbons (Fsp3) is 0.222. The maximum absolute atomic E-state index is 11.4. The molecule has 6 N–H and O–H groups in total. The minimum absolute atomic E-state index is 0.162. The van der Waals surface area contributed by atoms with Crippen LogP contribution in [0.5, 0.6) is 5.88 Å². The fourth-order valence-corrected chi connectivity index (χ4v) is 3.61. The van der Waals surface area contributed by atoms with E-state index in [4.69, 9.17) is 5.41 Å². The van der Waals surface area contributed by atoms with Gasteiger partial charge in [-0.25, -0.2) is 4.79 Å². The average Bonchev–Trinajstić information content (AvgIpc) is 3.25. The second-order valence-corrected chi connectivity index (χ2v) is 7.64. The van der Waals surface area contributed by atoms with Crippen molar-refractivity contribution in [1.29, 1.82) is 5.41 Å². The summed E-state index contributed by atoms with van der Waals surface area (Å²) in [7, 11) is 0. The number of nitrogens with one attached hydrogen (secondary N) is 5. The van der Waals surface area contributed by atoms with Gasteiger partial charge < -0.3 is 26.1 Å². The number of carbonyl (C=O) groups is 1. The summed E-state index contributed by atoms with van der Waals surface area (Å²) in [5.74, 6) is 0.893. The fourth-order valence-electron chi connectivity index (χ4n) is 2.78. The number of imidazole rings is 1. The summed E-state index contributed by atoms with van der Waals surface area (Å²) in [5.41, 5.74) is 0.00143. The number of aromatic amines is 2. The molecule has 0 aromatic carbocycles. The molecule has 0 spiro atoms. The molecule has 2 aliphatic rings. The molecule has 1 saturated carbocycles. The first kappa shape index (κ1) is 18.0. The van der Waals surface area contributed by atoms with Crippen molar-refractivity contribution in [1.82, 2.24) is 20.6 Å². The van der Waals surface area contributed by atoms with E-state index in [0.717, 1.165) is 36.0 Å². The molecule has 1 atom stereocenters. The number of nitrogens with zero attached hydrogens (tertiary/aromatic N) is 1. The molecular weight excluding hydrogens is 380 g/mol. The number of aliphatic imine (C=N–C) groups is 1. The number of amidine groups is 1. The highest BCUT2D eigenvalue weighted by atomic mass is 32.1. The number of hydrogen-bond donors (Lipinski definition) is 6. The Balaban J connectivity index is 1.70. The third-order valence-corrected chi connectivity index (χ3v) is 5.38. The first-order chi connectivity index (χ1) is 13.6. The van der Waals surface area contributed by atoms with Crippen LogP contribution in [0.25, 0.3) is 6.08 Å². The topological polar surface area (TPSA) is 146 Å². The molecule has 28 heavy (non-hydrogen) atoms. The Morgan fingerprint density at radius 3 is 2.79 bits per heavy atom. The third kappa shape index (κ3) is 3.81. The van der Waals surface area contributed by atoms with Crippen molar-refractivity contribution >= 4 is 35.7 Å². The van der Waals surface area contributed by atoms with Crippen LogP contribution in [0.2, 0.25) is 0 Å². The largest absolute Gasteiger partial charge is 0.493 e. The van der Waals surface area contributed by atoms with Gasteiger partial charge in [0.15, 0.2) is 6.29 Å². The molecule has 1 aliphatic heterocycles. The molecule has 0 radical (unpaired) electrons. The van der Waals surface area contributed by atoms with Gasteiger partial charge in [-0.1, -0.05) is 0 Å². The number of aromatic nitrogens is 2. The number of rotatable bonds is 7. The monoisotopic (exact) mass is 398 g/mol. The van der Waals surface area contributed by atoms with Crippen LogP contribution in [0, 0.1) is 5.41 Å². The Bertz CT molecular complexity index is 1070. The van der Waals surface area contributed by atoms with Crippen LogP contribution in [0.1, 0.15) is 39.1 Å². The lowest BCUT2D eigenvalue weighted by atomic mass is 10.1. The van der Waals surface area contributed by atoms with Crippen LogP contribution in [0.15, 0.2) is 39.4 Å². The molecule has 1 unspecified atom stereocenters. The summed E-state index contributed by atoms with van der Waals surface area (Å²) in [6, 6.07) is 3.70. The quantitative estimate of drug-likeness (QED) is 0.310. The van der Waals surface area contributed by atoms with Crippen molar-refractivity contribution < 1.29 is 9.90 Å². The first-order valence-corrected chi connectivity index (χ1v) is 9.49. The zero-order chi connectivity index (χ0) is 19.7. The van der Waals surface area contributed by atoms with E-state index in [1.54, 1.807) is 6.07 Å². The van der Waals surface area contributed by atoms with Crippen LogP contribution >= 0.6 is 11.3 Å². The van der Waals surface area contributed by atoms with Gasteiger partial charge >= 0.3 is 5.69 Å². The molecule has 3 heterocycles. The van der Waals surface area contributed by atoms with E-state index < -0.39 is 5.69 Å². The summed E-state index contributed by atoms with van der Waals surface area (Å²) in [6.45, 7) is 0. The summed E-state index contributed by atoms with van der Waals surface area (Å²) in [4.78, 5) is 33.3. The van der Waals surface area contributed by atoms with Gasteiger partial charge in [0.05, 0.1) is 4.88 Å². The molecule has 9 nitrogen and oxygen atoms in total. The Labute approximate surface area is 163 Å². The summed E-state index contributed by atoms with van der Waals surface area (Å²) < 4.78 is 0. The van der Waals surface area contributed by atoms with E-state index in [1.165, 1.54) is 17.4 Å². The molecule has 1 aliphatic carbocycles. The van der Waals surface area contributed by atoms with Crippen LogP contribution in [-0.4, -0.2) is 39.5 Å². The van der Waals surface area contributed by atoms with E-state index >= 15 is 0 Å². The zero-order valence-electron chi connectivity index (χ0n) is 14.7. The number of thiophene rings is 1. The molecule has 4 rings (SSSR count). The second kappa shape index (κ2) is 7.31. The van der Waals surface area contributed by atoms with Crippen molar-refractivity contribution in [3.05, 3.63) is 55.5 Å². The van der Waals surface area contributed by atoms with Gasteiger partial charge in [-0.05, 0) is 37.1 Å². The van der Waals surface area contributed by atoms with Gasteiger partial charge in [0.1, 0.15) is 23.4 Å². The van der Waals surface area contributed by atoms with Gasteiger partial charge in [-0.15, -0.1) is 11.3 Å². The lowest BCUT2D eigenvalue weighted by molar-refractivity contribution is 0.112. The zero-order valence-corrected chi connectivity index (χ0v) is 15.5. The molecule has 144 valence electrons. The SMILES string of the molecule is N=CC(=Cc1[nH]c(=O)[nH]c1O)C1=NC(c2ccc(C=O)s2)C=C(NC2CC2)N1. The maximum atomic E-state index is 11.4. The first-order valence-electron chi connectivity index (χ1n) is 8.67. The molecule has 2 aromatic rings. The van der Waals surface area contributed by atoms with Crippen LogP contribution in [0.4, 0.5) is 0 Å². The second-order valence-electron chi connectivity index (χ2n) is 6.49. The van der Waals surface area contributed by atoms with E-state index in [2.05, 4.69) is 25.6 Å². The van der Waals surface area contributed by atoms with E-state index in [9.17, 15) is 14.7 Å². The van der Waals surface area contributed by atoms with Crippen LogP contribution in [0.3, 0.4) is 0 Å². The van der Waals surface area contributed by atoms with Crippen molar-refractivity contribution in [2.24, 2.45) is 4.99 Å². The standard InChI is InChI=1S/C18H18N6O3S/c19-7-9(5-13-17(26)24-18(27)22-13)16-21-12(14-4-3-11(8-25)28-14)6-15(23-16)20-10-1-2-10/h3-8,10,12,19-20,26H,1-2H2,(H,21,23)(H2,22,24,27). The highest BCUT2D eigenvalue weighted by molar-refractivity contribution is 7.13. The van der Waals surface area contributed by atoms with Crippen LogP contribution < -0.4 is 16.3 Å². The lowest BCUT2D eigenvalue weighted by Crippen LogP contribution is -2.37. The number of hydrogen-bond acceptors (Lipinski definition) is 8. The van der Waals surface area contributed by atoms with Crippen molar-refractivity contribution in [3.63, 3.8) is 0 Å². The van der Waals surface area contributed by atoms with Gasteiger partial charge in [0.2, 0.25) is 5.88 Å². The molecule has 10 heteroatoms. The number of H-pyrrole nitrogens is 2. The van der Waals surface area contributed by atoms with Gasteiger partial charge in [0, 0.05) is 22.7 Å². The Morgan fingerprint density at radius 2 is 2.18 bits per heavy atom. The van der Waals surface area contributed by atoms with Gasteiger partial charge in [0.25, 0.3) is 0 Å². The number of aromatic hydroxyl groups is 1. The summed E-state index contributed by atoms with van der Waals surface area (Å²) >= 11 is 1.36. The predicted octanol–water partition coefficient (Wildman–Crippen LogP) is 1.65. The summed E-state index contributed by atoms with van der Waals surface area (Å²) in [6.07, 6.45) is 7.50. The molecular formula is C18H18N6O3S. The Kier molecular flexibility index (Phi) is 4.70. The molecule has 2 aromatic heterocycles. The highest BCUT2D eigenvalue weighted by Crippen LogP contribution is 2.30.